The number of carboxylic acid groups (broad SMARTS) is 1. The fourth-order valence-electron chi connectivity index (χ4n) is 3.52. The van der Waals surface area contributed by atoms with Crippen LogP contribution in [-0.4, -0.2) is 67.4 Å². The van der Waals surface area contributed by atoms with E-state index in [0.717, 1.165) is 62.6 Å². The van der Waals surface area contributed by atoms with Crippen molar-refractivity contribution in [2.75, 3.05) is 19.6 Å². The fourth-order valence-corrected chi connectivity index (χ4v) is 4.18. The summed E-state index contributed by atoms with van der Waals surface area (Å²) in [5.41, 5.74) is 3.01. The molecule has 2 aromatic rings. The SMILES string of the molecule is Cn1nc(C(=O)N2CCCC2)c2c1CN(Cc1nccs1)CC2.O=C(O)C(F)(F)F. The van der Waals surface area contributed by atoms with Gasteiger partial charge < -0.3 is 10.0 Å². The van der Waals surface area contributed by atoms with Gasteiger partial charge in [0.2, 0.25) is 0 Å². The minimum atomic E-state index is -5.08. The van der Waals surface area contributed by atoms with Gasteiger partial charge in [0.1, 0.15) is 5.01 Å². The van der Waals surface area contributed by atoms with Crippen LogP contribution in [0.2, 0.25) is 0 Å². The van der Waals surface area contributed by atoms with Gasteiger partial charge in [-0.05, 0) is 19.3 Å². The third-order valence-corrected chi connectivity index (χ3v) is 5.77. The lowest BCUT2D eigenvalue weighted by atomic mass is 10.0. The second-order valence-corrected chi connectivity index (χ2v) is 8.07. The molecular formula is C18H22F3N5O3S. The van der Waals surface area contributed by atoms with Crippen molar-refractivity contribution >= 4 is 23.2 Å². The van der Waals surface area contributed by atoms with Gasteiger partial charge in [0.05, 0.1) is 12.2 Å². The number of thiazole rings is 1. The molecule has 4 rings (SSSR count). The first-order valence-corrected chi connectivity index (χ1v) is 10.3. The average molecular weight is 445 g/mol. The maximum Gasteiger partial charge on any atom is 0.490 e. The minimum Gasteiger partial charge on any atom is -0.475 e. The normalized spacial score (nSPS) is 16.7. The molecule has 164 valence electrons. The lowest BCUT2D eigenvalue weighted by Gasteiger charge is -2.26. The van der Waals surface area contributed by atoms with Crippen molar-refractivity contribution in [1.29, 1.82) is 0 Å². The van der Waals surface area contributed by atoms with Gasteiger partial charge in [-0.25, -0.2) is 9.78 Å². The molecule has 0 saturated carbocycles. The van der Waals surface area contributed by atoms with Gasteiger partial charge in [-0.2, -0.15) is 18.3 Å². The van der Waals surface area contributed by atoms with Crippen molar-refractivity contribution in [3.63, 3.8) is 0 Å². The van der Waals surface area contributed by atoms with Gasteiger partial charge in [-0.1, -0.05) is 0 Å². The zero-order valence-corrected chi connectivity index (χ0v) is 17.2. The first kappa shape index (κ1) is 22.2. The molecule has 1 fully saturated rings. The zero-order chi connectivity index (χ0) is 21.9. The first-order valence-electron chi connectivity index (χ1n) is 9.41. The lowest BCUT2D eigenvalue weighted by Crippen LogP contribution is -2.32. The number of likely N-dealkylation sites (tertiary alicyclic amines) is 1. The third-order valence-electron chi connectivity index (χ3n) is 5.01. The lowest BCUT2D eigenvalue weighted by molar-refractivity contribution is -0.192. The van der Waals surface area contributed by atoms with Gasteiger partial charge >= 0.3 is 12.1 Å². The highest BCUT2D eigenvalue weighted by Crippen LogP contribution is 2.25. The summed E-state index contributed by atoms with van der Waals surface area (Å²) in [7, 11) is 1.95. The summed E-state index contributed by atoms with van der Waals surface area (Å²) in [6.45, 7) is 4.42. The Balaban J connectivity index is 0.000000318. The van der Waals surface area contributed by atoms with E-state index in [1.807, 2.05) is 28.2 Å². The topological polar surface area (TPSA) is 91.6 Å². The van der Waals surface area contributed by atoms with Gasteiger partial charge in [0.15, 0.2) is 5.69 Å². The molecule has 1 saturated heterocycles. The molecule has 0 radical (unpaired) electrons. The molecule has 0 atom stereocenters. The Hall–Kier alpha value is -2.47. The predicted molar refractivity (Wildman–Crippen MR) is 102 cm³/mol. The number of halogens is 3. The number of aryl methyl sites for hydroxylation is 1. The van der Waals surface area contributed by atoms with E-state index in [1.165, 1.54) is 5.69 Å². The van der Waals surface area contributed by atoms with E-state index in [4.69, 9.17) is 9.90 Å². The van der Waals surface area contributed by atoms with Gasteiger partial charge in [-0.15, -0.1) is 11.3 Å². The molecule has 12 heteroatoms. The minimum absolute atomic E-state index is 0.118. The zero-order valence-electron chi connectivity index (χ0n) is 16.4. The standard InChI is InChI=1S/C16H21N5OS.C2HF3O2/c1-19-13-10-20(11-14-17-5-9-23-14)8-4-12(13)15(18-19)16(22)21-6-2-3-7-21;3-2(4,5)1(6)7/h5,9H,2-4,6-8,10-11H2,1H3;(H,6,7). The van der Waals surface area contributed by atoms with Crippen molar-refractivity contribution in [3.05, 3.63) is 33.5 Å². The monoisotopic (exact) mass is 445 g/mol. The highest BCUT2D eigenvalue weighted by molar-refractivity contribution is 7.09. The van der Waals surface area contributed by atoms with E-state index in [2.05, 4.69) is 15.0 Å². The van der Waals surface area contributed by atoms with Crippen LogP contribution in [0.5, 0.6) is 0 Å². The van der Waals surface area contributed by atoms with Crippen LogP contribution >= 0.6 is 11.3 Å². The Morgan fingerprint density at radius 3 is 2.47 bits per heavy atom. The second-order valence-electron chi connectivity index (χ2n) is 7.09. The van der Waals surface area contributed by atoms with Crippen molar-refractivity contribution in [3.8, 4) is 0 Å². The molecule has 30 heavy (non-hydrogen) atoms. The van der Waals surface area contributed by atoms with E-state index in [1.54, 1.807) is 11.3 Å². The summed E-state index contributed by atoms with van der Waals surface area (Å²) in [4.78, 5) is 30.3. The number of hydrogen-bond acceptors (Lipinski definition) is 6. The first-order chi connectivity index (χ1) is 14.2. The molecule has 0 aromatic carbocycles. The van der Waals surface area contributed by atoms with E-state index in [0.29, 0.717) is 5.69 Å². The van der Waals surface area contributed by atoms with E-state index in [9.17, 15) is 18.0 Å². The molecule has 2 aromatic heterocycles. The fraction of sp³-hybridized carbons (Fsp3) is 0.556. The molecule has 4 heterocycles. The maximum atomic E-state index is 12.7. The number of nitrogens with zero attached hydrogens (tertiary/aromatic N) is 5. The molecule has 2 aliphatic rings. The van der Waals surface area contributed by atoms with Crippen LogP contribution in [0.1, 0.15) is 39.6 Å². The average Bonchev–Trinajstić information content (AvgIpc) is 3.43. The number of aliphatic carboxylic acids is 1. The Bertz CT molecular complexity index is 892. The van der Waals surface area contributed by atoms with Crippen molar-refractivity contribution in [2.45, 2.75) is 38.5 Å². The van der Waals surface area contributed by atoms with Crippen molar-refractivity contribution in [2.24, 2.45) is 7.05 Å². The molecule has 8 nitrogen and oxygen atoms in total. The number of aromatic nitrogens is 3. The highest BCUT2D eigenvalue weighted by Gasteiger charge is 2.38. The molecule has 0 bridgehead atoms. The third kappa shape index (κ3) is 5.17. The molecule has 0 unspecified atom stereocenters. The van der Waals surface area contributed by atoms with Crippen LogP contribution < -0.4 is 0 Å². The van der Waals surface area contributed by atoms with Crippen molar-refractivity contribution in [1.82, 2.24) is 24.6 Å². The number of amides is 1. The number of alkyl halides is 3. The molecule has 0 aliphatic carbocycles. The van der Waals surface area contributed by atoms with Gasteiger partial charge in [0.25, 0.3) is 5.91 Å². The van der Waals surface area contributed by atoms with E-state index in [-0.39, 0.29) is 5.91 Å². The van der Waals surface area contributed by atoms with Crippen LogP contribution in [0, 0.1) is 0 Å². The Morgan fingerprint density at radius 2 is 1.90 bits per heavy atom. The largest absolute Gasteiger partial charge is 0.490 e. The van der Waals surface area contributed by atoms with Gasteiger partial charge in [0, 0.05) is 50.4 Å². The summed E-state index contributed by atoms with van der Waals surface area (Å²) in [5.74, 6) is -2.64. The maximum absolute atomic E-state index is 12.7. The number of carbonyl (C=O) groups excluding carboxylic acids is 1. The Labute approximate surface area is 174 Å². The van der Waals surface area contributed by atoms with Crippen LogP contribution in [0.4, 0.5) is 13.2 Å². The quantitative estimate of drug-likeness (QED) is 0.780. The molecule has 2 aliphatic heterocycles. The predicted octanol–water partition coefficient (Wildman–Crippen LogP) is 2.30. The van der Waals surface area contributed by atoms with Gasteiger partial charge in [-0.3, -0.25) is 14.4 Å². The molecule has 0 spiro atoms. The van der Waals surface area contributed by atoms with E-state index >= 15 is 0 Å². The number of hydrogen-bond donors (Lipinski definition) is 1. The summed E-state index contributed by atoms with van der Waals surface area (Å²) in [6, 6.07) is 0. The Morgan fingerprint density at radius 1 is 1.23 bits per heavy atom. The highest BCUT2D eigenvalue weighted by atomic mass is 32.1. The molecule has 1 N–H and O–H groups in total. The number of carboxylic acids is 1. The summed E-state index contributed by atoms with van der Waals surface area (Å²) >= 11 is 1.69. The van der Waals surface area contributed by atoms with Crippen LogP contribution in [0.25, 0.3) is 0 Å². The molecular weight excluding hydrogens is 423 g/mol. The van der Waals surface area contributed by atoms with Crippen LogP contribution in [0.15, 0.2) is 11.6 Å². The smallest absolute Gasteiger partial charge is 0.475 e. The number of carbonyl (C=O) groups is 2. The van der Waals surface area contributed by atoms with Crippen molar-refractivity contribution < 1.29 is 27.9 Å². The van der Waals surface area contributed by atoms with E-state index < -0.39 is 12.1 Å². The van der Waals surface area contributed by atoms with Crippen LogP contribution in [0.3, 0.4) is 0 Å². The summed E-state index contributed by atoms with van der Waals surface area (Å²) in [5, 5.41) is 14.8. The summed E-state index contributed by atoms with van der Waals surface area (Å²) in [6.07, 6.45) is -0.111. The Kier molecular flexibility index (Phi) is 6.76. The number of fused-ring (bicyclic) bond motifs is 1. The van der Waals surface area contributed by atoms with Crippen LogP contribution in [-0.2, 0) is 31.4 Å². The molecule has 1 amide bonds. The number of rotatable bonds is 3. The second kappa shape index (κ2) is 9.13. The summed E-state index contributed by atoms with van der Waals surface area (Å²) < 4.78 is 33.6.